The molecule has 1 saturated heterocycles. The largest absolute Gasteiger partial charge is 0.493 e. The third kappa shape index (κ3) is 5.18. The van der Waals surface area contributed by atoms with Gasteiger partial charge in [0.2, 0.25) is 5.91 Å². The average Bonchev–Trinajstić information content (AvgIpc) is 3.23. The molecule has 5 nitrogen and oxygen atoms in total. The molecule has 0 bridgehead atoms. The van der Waals surface area contributed by atoms with Crippen LogP contribution in [0.5, 0.6) is 5.75 Å². The molecule has 2 aliphatic rings. The van der Waals surface area contributed by atoms with Gasteiger partial charge in [0.1, 0.15) is 11.6 Å². The molecule has 1 N–H and O–H groups in total. The van der Waals surface area contributed by atoms with Crippen molar-refractivity contribution in [2.75, 3.05) is 39.3 Å². The van der Waals surface area contributed by atoms with Crippen molar-refractivity contribution in [3.05, 3.63) is 65.0 Å². The van der Waals surface area contributed by atoms with E-state index in [9.17, 15) is 9.18 Å². The van der Waals surface area contributed by atoms with E-state index in [1.165, 1.54) is 23.3 Å². The van der Waals surface area contributed by atoms with Gasteiger partial charge >= 0.3 is 0 Å². The maximum atomic E-state index is 13.0. The van der Waals surface area contributed by atoms with Crippen molar-refractivity contribution in [2.45, 2.75) is 32.4 Å². The standard InChI is InChI=1S/C24H30FN3O2/c1-18(24(29)26-10-8-19-2-5-22(25)6-3-19)28-13-11-27(12-14-28)17-20-4-7-23-21(16-20)9-15-30-23/h2-7,16,18H,8-15,17H2,1H3,(H,26,29)/t18-/m1/s1. The van der Waals surface area contributed by atoms with Crippen molar-refractivity contribution in [1.29, 1.82) is 0 Å². The van der Waals surface area contributed by atoms with E-state index < -0.39 is 0 Å². The molecule has 0 spiro atoms. The minimum atomic E-state index is -0.235. The smallest absolute Gasteiger partial charge is 0.237 e. The Hall–Kier alpha value is -2.44. The summed E-state index contributed by atoms with van der Waals surface area (Å²) < 4.78 is 18.6. The molecule has 6 heteroatoms. The number of carbonyl (C=O) groups is 1. The second-order valence-corrected chi connectivity index (χ2v) is 8.20. The molecule has 0 aromatic heterocycles. The van der Waals surface area contributed by atoms with E-state index in [4.69, 9.17) is 4.74 Å². The van der Waals surface area contributed by atoms with Crippen LogP contribution in [-0.2, 0) is 24.2 Å². The highest BCUT2D eigenvalue weighted by atomic mass is 19.1. The number of piperazine rings is 1. The molecule has 0 saturated carbocycles. The van der Waals surface area contributed by atoms with Gasteiger partial charge in [0.25, 0.3) is 0 Å². The van der Waals surface area contributed by atoms with Gasteiger partial charge in [-0.2, -0.15) is 0 Å². The summed E-state index contributed by atoms with van der Waals surface area (Å²) in [5, 5.41) is 3.02. The summed E-state index contributed by atoms with van der Waals surface area (Å²) in [5.74, 6) is 0.854. The van der Waals surface area contributed by atoms with Crippen molar-refractivity contribution in [1.82, 2.24) is 15.1 Å². The van der Waals surface area contributed by atoms with Gasteiger partial charge in [-0.3, -0.25) is 14.6 Å². The van der Waals surface area contributed by atoms with E-state index in [-0.39, 0.29) is 17.8 Å². The number of halogens is 1. The van der Waals surface area contributed by atoms with Gasteiger partial charge in [0.15, 0.2) is 0 Å². The molecule has 2 aliphatic heterocycles. The number of hydrogen-bond donors (Lipinski definition) is 1. The molecule has 1 fully saturated rings. The van der Waals surface area contributed by atoms with Crippen molar-refractivity contribution in [2.24, 2.45) is 0 Å². The first-order valence-corrected chi connectivity index (χ1v) is 10.8. The zero-order valence-corrected chi connectivity index (χ0v) is 17.6. The third-order valence-electron chi connectivity index (χ3n) is 6.12. The summed E-state index contributed by atoms with van der Waals surface area (Å²) in [5.41, 5.74) is 3.67. The Balaban J connectivity index is 1.19. The maximum absolute atomic E-state index is 13.0. The Morgan fingerprint density at radius 1 is 1.10 bits per heavy atom. The molecule has 0 aliphatic carbocycles. The molecular formula is C24H30FN3O2. The highest BCUT2D eigenvalue weighted by Crippen LogP contribution is 2.26. The van der Waals surface area contributed by atoms with Gasteiger partial charge in [0, 0.05) is 45.7 Å². The van der Waals surface area contributed by atoms with Gasteiger partial charge in [-0.25, -0.2) is 4.39 Å². The number of nitrogens with one attached hydrogen (secondary N) is 1. The third-order valence-corrected chi connectivity index (χ3v) is 6.12. The number of ether oxygens (including phenoxy) is 1. The molecule has 0 unspecified atom stereocenters. The molecule has 4 rings (SSSR count). The number of benzene rings is 2. The van der Waals surface area contributed by atoms with E-state index in [2.05, 4.69) is 33.3 Å². The summed E-state index contributed by atoms with van der Waals surface area (Å²) in [6.45, 7) is 7.98. The number of hydrogen-bond acceptors (Lipinski definition) is 4. The van der Waals surface area contributed by atoms with Crippen molar-refractivity contribution in [3.8, 4) is 5.75 Å². The lowest BCUT2D eigenvalue weighted by Gasteiger charge is -2.37. The van der Waals surface area contributed by atoms with Crippen molar-refractivity contribution < 1.29 is 13.9 Å². The first kappa shape index (κ1) is 20.8. The minimum Gasteiger partial charge on any atom is -0.493 e. The molecule has 0 radical (unpaired) electrons. The van der Waals surface area contributed by atoms with Gasteiger partial charge in [-0.15, -0.1) is 0 Å². The van der Waals surface area contributed by atoms with Gasteiger partial charge in [0.05, 0.1) is 12.6 Å². The van der Waals surface area contributed by atoms with Crippen LogP contribution < -0.4 is 10.1 Å². The predicted octanol–water partition coefficient (Wildman–Crippen LogP) is 2.63. The Kier molecular flexibility index (Phi) is 6.65. The fourth-order valence-corrected chi connectivity index (χ4v) is 4.20. The minimum absolute atomic E-state index is 0.0594. The maximum Gasteiger partial charge on any atom is 0.237 e. The summed E-state index contributed by atoms with van der Waals surface area (Å²) in [6.07, 6.45) is 1.71. The number of amides is 1. The normalized spacial score (nSPS) is 17.9. The summed E-state index contributed by atoms with van der Waals surface area (Å²) in [4.78, 5) is 17.2. The molecule has 2 heterocycles. The monoisotopic (exact) mass is 411 g/mol. The second-order valence-electron chi connectivity index (χ2n) is 8.20. The van der Waals surface area contributed by atoms with Crippen LogP contribution in [0.15, 0.2) is 42.5 Å². The van der Waals surface area contributed by atoms with Crippen LogP contribution >= 0.6 is 0 Å². The lowest BCUT2D eigenvalue weighted by atomic mass is 10.1. The van der Waals surface area contributed by atoms with Crippen molar-refractivity contribution in [3.63, 3.8) is 0 Å². The van der Waals surface area contributed by atoms with E-state index in [0.29, 0.717) is 13.0 Å². The van der Waals surface area contributed by atoms with E-state index in [0.717, 1.165) is 57.1 Å². The lowest BCUT2D eigenvalue weighted by Crippen LogP contribution is -2.53. The van der Waals surface area contributed by atoms with Gasteiger partial charge < -0.3 is 10.1 Å². The van der Waals surface area contributed by atoms with Crippen LogP contribution in [0.2, 0.25) is 0 Å². The molecule has 1 amide bonds. The lowest BCUT2D eigenvalue weighted by molar-refractivity contribution is -0.126. The number of fused-ring (bicyclic) bond motifs is 1. The topological polar surface area (TPSA) is 44.8 Å². The average molecular weight is 412 g/mol. The van der Waals surface area contributed by atoms with Gasteiger partial charge in [-0.1, -0.05) is 24.3 Å². The Bertz CT molecular complexity index is 863. The Morgan fingerprint density at radius 2 is 1.83 bits per heavy atom. The van der Waals surface area contributed by atoms with Crippen LogP contribution in [-0.4, -0.2) is 61.1 Å². The van der Waals surface area contributed by atoms with Gasteiger partial charge in [-0.05, 0) is 48.2 Å². The predicted molar refractivity (Wildman–Crippen MR) is 115 cm³/mol. The SMILES string of the molecule is C[C@H](C(=O)NCCc1ccc(F)cc1)N1CCN(Cc2ccc3c(c2)CCO3)CC1. The molecule has 2 aromatic rings. The highest BCUT2D eigenvalue weighted by Gasteiger charge is 2.25. The Labute approximate surface area is 177 Å². The summed E-state index contributed by atoms with van der Waals surface area (Å²) in [7, 11) is 0. The van der Waals surface area contributed by atoms with Crippen LogP contribution in [0.4, 0.5) is 4.39 Å². The molecular weight excluding hydrogens is 381 g/mol. The first-order chi connectivity index (χ1) is 14.6. The number of rotatable bonds is 7. The zero-order valence-electron chi connectivity index (χ0n) is 17.6. The quantitative estimate of drug-likeness (QED) is 0.761. The van der Waals surface area contributed by atoms with Crippen LogP contribution in [0.1, 0.15) is 23.6 Å². The highest BCUT2D eigenvalue weighted by molar-refractivity contribution is 5.81. The van der Waals surface area contributed by atoms with Crippen LogP contribution in [0.3, 0.4) is 0 Å². The van der Waals surface area contributed by atoms with Crippen LogP contribution in [0.25, 0.3) is 0 Å². The molecule has 2 aromatic carbocycles. The van der Waals surface area contributed by atoms with E-state index in [1.54, 1.807) is 12.1 Å². The molecule has 30 heavy (non-hydrogen) atoms. The summed E-state index contributed by atoms with van der Waals surface area (Å²) in [6, 6.07) is 12.8. The second kappa shape index (κ2) is 9.58. The van der Waals surface area contributed by atoms with Crippen molar-refractivity contribution >= 4 is 5.91 Å². The zero-order chi connectivity index (χ0) is 20.9. The van der Waals surface area contributed by atoms with E-state index >= 15 is 0 Å². The van der Waals surface area contributed by atoms with Crippen LogP contribution in [0, 0.1) is 5.82 Å². The summed E-state index contributed by atoms with van der Waals surface area (Å²) >= 11 is 0. The first-order valence-electron chi connectivity index (χ1n) is 10.8. The number of nitrogens with zero attached hydrogens (tertiary/aromatic N) is 2. The fourth-order valence-electron chi connectivity index (χ4n) is 4.20. The number of carbonyl (C=O) groups excluding carboxylic acids is 1. The molecule has 160 valence electrons. The Morgan fingerprint density at radius 3 is 2.60 bits per heavy atom. The van der Waals surface area contributed by atoms with E-state index in [1.807, 2.05) is 6.92 Å². The fraction of sp³-hybridized carbons (Fsp3) is 0.458. The molecule has 1 atom stereocenters.